The fourth-order valence-corrected chi connectivity index (χ4v) is 2.57. The molecule has 2 rings (SSSR count). The molecular weight excluding hydrogens is 306 g/mol. The van der Waals surface area contributed by atoms with Gasteiger partial charge < -0.3 is 14.6 Å². The summed E-state index contributed by atoms with van der Waals surface area (Å²) in [5.41, 5.74) is 0. The molecule has 114 valence electrons. The van der Waals surface area contributed by atoms with Crippen molar-refractivity contribution in [3.05, 3.63) is 0 Å². The Labute approximate surface area is 111 Å². The molecule has 0 amide bonds. The van der Waals surface area contributed by atoms with Gasteiger partial charge in [0.15, 0.2) is 0 Å². The van der Waals surface area contributed by atoms with E-state index < -0.39 is 51.5 Å². The maximum Gasteiger partial charge on any atom is 0.465 e. The molecule has 2 N–H and O–H groups in total. The number of fused-ring (bicyclic) bond motifs is 2. The predicted octanol–water partition coefficient (Wildman–Crippen LogP) is -0.359. The number of hydrogen-bond acceptors (Lipinski definition) is 6. The fraction of sp³-hybridized carbons (Fsp3) is 0.778. The summed E-state index contributed by atoms with van der Waals surface area (Å²) in [5, 5.41) is 3.75. The van der Waals surface area contributed by atoms with Crippen molar-refractivity contribution in [2.24, 2.45) is 5.92 Å². The molecule has 2 aliphatic rings. The van der Waals surface area contributed by atoms with Crippen LogP contribution in [-0.4, -0.2) is 53.6 Å². The number of halogens is 2. The summed E-state index contributed by atoms with van der Waals surface area (Å²) in [6, 6.07) is 0. The molecule has 20 heavy (non-hydrogen) atoms. The lowest BCUT2D eigenvalue weighted by Gasteiger charge is -2.23. The molecule has 0 saturated carbocycles. The summed E-state index contributed by atoms with van der Waals surface area (Å²) >= 11 is 0. The minimum atomic E-state index is -5.92. The molecule has 0 aromatic rings. The monoisotopic (exact) mass is 316 g/mol. The van der Waals surface area contributed by atoms with Gasteiger partial charge in [0.2, 0.25) is 0 Å². The maximum atomic E-state index is 13.0. The Morgan fingerprint density at radius 1 is 1.25 bits per heavy atom. The third-order valence-corrected chi connectivity index (χ3v) is 4.12. The first kappa shape index (κ1) is 15.1. The highest BCUT2D eigenvalue weighted by Gasteiger charge is 2.58. The lowest BCUT2D eigenvalue weighted by molar-refractivity contribution is -0.169. The SMILES string of the molecule is O=C(O)C1CC2OC1CC2OC(=O)C(F)(F)S(=O)(=O)O. The molecule has 0 aromatic carbocycles. The van der Waals surface area contributed by atoms with E-state index in [-0.39, 0.29) is 12.8 Å². The van der Waals surface area contributed by atoms with Crippen molar-refractivity contribution in [2.45, 2.75) is 36.4 Å². The van der Waals surface area contributed by atoms with Gasteiger partial charge in [-0.3, -0.25) is 9.35 Å². The van der Waals surface area contributed by atoms with Gasteiger partial charge in [0.1, 0.15) is 6.10 Å². The summed E-state index contributed by atoms with van der Waals surface area (Å²) in [6.45, 7) is 0. The van der Waals surface area contributed by atoms with E-state index in [9.17, 15) is 26.8 Å². The highest BCUT2D eigenvalue weighted by atomic mass is 32.2. The number of ether oxygens (including phenoxy) is 2. The van der Waals surface area contributed by atoms with Gasteiger partial charge in [0.25, 0.3) is 0 Å². The zero-order valence-electron chi connectivity index (χ0n) is 9.73. The van der Waals surface area contributed by atoms with Gasteiger partial charge in [-0.05, 0) is 6.42 Å². The minimum absolute atomic E-state index is 0.0185. The van der Waals surface area contributed by atoms with Gasteiger partial charge in [0, 0.05) is 6.42 Å². The number of hydrogen-bond donors (Lipinski definition) is 2. The first-order chi connectivity index (χ1) is 9.04. The molecule has 0 spiro atoms. The molecule has 0 aromatic heterocycles. The van der Waals surface area contributed by atoms with Gasteiger partial charge in [-0.2, -0.15) is 17.2 Å². The third-order valence-electron chi connectivity index (χ3n) is 3.30. The quantitative estimate of drug-likeness (QED) is 0.532. The average molecular weight is 316 g/mol. The van der Waals surface area contributed by atoms with Gasteiger partial charge in [-0.1, -0.05) is 0 Å². The van der Waals surface area contributed by atoms with Crippen LogP contribution in [0.15, 0.2) is 0 Å². The number of carbonyl (C=O) groups excluding carboxylic acids is 1. The highest BCUT2D eigenvalue weighted by molar-refractivity contribution is 7.87. The maximum absolute atomic E-state index is 13.0. The highest BCUT2D eigenvalue weighted by Crippen LogP contribution is 2.41. The molecule has 4 atom stereocenters. The summed E-state index contributed by atoms with van der Waals surface area (Å²) in [5.74, 6) is -4.32. The van der Waals surface area contributed by atoms with E-state index in [2.05, 4.69) is 4.74 Å². The first-order valence-electron chi connectivity index (χ1n) is 5.48. The molecule has 2 saturated heterocycles. The second-order valence-corrected chi connectivity index (χ2v) is 6.03. The van der Waals surface area contributed by atoms with Gasteiger partial charge >= 0.3 is 27.3 Å². The van der Waals surface area contributed by atoms with Crippen LogP contribution in [0.5, 0.6) is 0 Å². The second kappa shape index (κ2) is 4.60. The molecule has 2 heterocycles. The summed E-state index contributed by atoms with van der Waals surface area (Å²) in [6.07, 6.45) is -2.93. The molecular formula is C9H10F2O8S. The van der Waals surface area contributed by atoms with Crippen molar-refractivity contribution < 1.29 is 45.9 Å². The molecule has 0 radical (unpaired) electrons. The molecule has 2 aliphatic heterocycles. The van der Waals surface area contributed by atoms with E-state index in [0.717, 1.165) is 0 Å². The van der Waals surface area contributed by atoms with E-state index in [0.29, 0.717) is 0 Å². The molecule has 4 unspecified atom stereocenters. The van der Waals surface area contributed by atoms with Crippen LogP contribution in [0.4, 0.5) is 8.78 Å². The van der Waals surface area contributed by atoms with Crippen molar-refractivity contribution in [3.63, 3.8) is 0 Å². The molecule has 8 nitrogen and oxygen atoms in total. The smallest absolute Gasteiger partial charge is 0.465 e. The Morgan fingerprint density at radius 2 is 1.85 bits per heavy atom. The van der Waals surface area contributed by atoms with Gasteiger partial charge in [-0.15, -0.1) is 0 Å². The zero-order valence-corrected chi connectivity index (χ0v) is 10.5. The van der Waals surface area contributed by atoms with E-state index >= 15 is 0 Å². The van der Waals surface area contributed by atoms with Crippen molar-refractivity contribution >= 4 is 22.1 Å². The summed E-state index contributed by atoms with van der Waals surface area (Å²) in [4.78, 5) is 21.9. The topological polar surface area (TPSA) is 127 Å². The number of carboxylic acid groups (broad SMARTS) is 1. The van der Waals surface area contributed by atoms with Crippen LogP contribution in [-0.2, 0) is 29.2 Å². The van der Waals surface area contributed by atoms with Crippen LogP contribution >= 0.6 is 0 Å². The van der Waals surface area contributed by atoms with Crippen molar-refractivity contribution in [1.29, 1.82) is 0 Å². The lowest BCUT2D eigenvalue weighted by atomic mass is 9.87. The molecule has 0 aliphatic carbocycles. The summed E-state index contributed by atoms with van der Waals surface area (Å²) < 4.78 is 64.4. The third kappa shape index (κ3) is 2.36. The van der Waals surface area contributed by atoms with E-state index in [1.54, 1.807) is 0 Å². The average Bonchev–Trinajstić information content (AvgIpc) is 2.86. The van der Waals surface area contributed by atoms with Gasteiger partial charge in [-0.25, -0.2) is 4.79 Å². The van der Waals surface area contributed by atoms with Crippen LogP contribution in [0.25, 0.3) is 0 Å². The predicted molar refractivity (Wildman–Crippen MR) is 55.4 cm³/mol. The Kier molecular flexibility index (Phi) is 3.47. The van der Waals surface area contributed by atoms with Crippen LogP contribution in [0.1, 0.15) is 12.8 Å². The second-order valence-electron chi connectivity index (χ2n) is 4.56. The van der Waals surface area contributed by atoms with E-state index in [1.165, 1.54) is 0 Å². The largest absolute Gasteiger partial charge is 0.481 e. The molecule has 11 heteroatoms. The van der Waals surface area contributed by atoms with Crippen LogP contribution in [0, 0.1) is 5.92 Å². The van der Waals surface area contributed by atoms with Crippen LogP contribution < -0.4 is 0 Å². The minimum Gasteiger partial charge on any atom is -0.481 e. The number of alkyl halides is 2. The van der Waals surface area contributed by atoms with Crippen molar-refractivity contribution in [1.82, 2.24) is 0 Å². The zero-order chi connectivity index (χ0) is 15.3. The number of rotatable bonds is 4. The molecule has 2 fully saturated rings. The van der Waals surface area contributed by atoms with Crippen LogP contribution in [0.2, 0.25) is 0 Å². The number of carboxylic acids is 1. The van der Waals surface area contributed by atoms with Crippen molar-refractivity contribution in [3.8, 4) is 0 Å². The Balaban J connectivity index is 2.01. The van der Waals surface area contributed by atoms with E-state index in [4.69, 9.17) is 14.4 Å². The number of aliphatic carboxylic acids is 1. The van der Waals surface area contributed by atoms with E-state index in [1.807, 2.05) is 0 Å². The fourth-order valence-electron chi connectivity index (χ4n) is 2.31. The van der Waals surface area contributed by atoms with Crippen molar-refractivity contribution in [2.75, 3.05) is 0 Å². The normalized spacial score (nSPS) is 33.1. The Bertz CT molecular complexity index is 544. The lowest BCUT2D eigenvalue weighted by Crippen LogP contribution is -2.43. The van der Waals surface area contributed by atoms with Crippen LogP contribution in [0.3, 0.4) is 0 Å². The molecule has 2 bridgehead atoms. The standard InChI is InChI=1S/C9H10F2O8S/c10-9(11,20(15,16)17)8(14)19-6-2-4-3(7(12)13)1-5(6)18-4/h3-6H,1-2H2,(H,12,13)(H,15,16,17). The number of esters is 1. The first-order valence-corrected chi connectivity index (χ1v) is 6.92. The Morgan fingerprint density at radius 3 is 2.25 bits per heavy atom. The Hall–Kier alpha value is -1.33. The number of carbonyl (C=O) groups is 2. The van der Waals surface area contributed by atoms with Gasteiger partial charge in [0.05, 0.1) is 18.1 Å². The summed E-state index contributed by atoms with van der Waals surface area (Å²) in [7, 11) is -5.92.